The zero-order valence-electron chi connectivity index (χ0n) is 15.4. The molecule has 8 heteroatoms. The van der Waals surface area contributed by atoms with Gasteiger partial charge in [0.05, 0.1) is 12.0 Å². The van der Waals surface area contributed by atoms with Crippen molar-refractivity contribution in [3.63, 3.8) is 0 Å². The first-order chi connectivity index (χ1) is 13.2. The highest BCUT2D eigenvalue weighted by molar-refractivity contribution is 5.91. The number of carbonyl (C=O) groups excluding carboxylic acids is 1. The van der Waals surface area contributed by atoms with Crippen LogP contribution in [0, 0.1) is 0 Å². The Bertz CT molecular complexity index is 767. The maximum absolute atomic E-state index is 11.8. The number of hydrogen-bond acceptors (Lipinski definition) is 5. The van der Waals surface area contributed by atoms with Gasteiger partial charge in [0.1, 0.15) is 5.75 Å². The quantitative estimate of drug-likeness (QED) is 0.414. The van der Waals surface area contributed by atoms with E-state index in [4.69, 9.17) is 4.42 Å². The maximum atomic E-state index is 11.8. The number of furan rings is 1. The third-order valence-corrected chi connectivity index (χ3v) is 4.45. The van der Waals surface area contributed by atoms with E-state index >= 15 is 0 Å². The molecule has 144 valence electrons. The zero-order chi connectivity index (χ0) is 19.1. The molecule has 1 saturated heterocycles. The van der Waals surface area contributed by atoms with Gasteiger partial charge in [-0.3, -0.25) is 9.79 Å². The van der Waals surface area contributed by atoms with Crippen LogP contribution in [0.5, 0.6) is 5.75 Å². The minimum Gasteiger partial charge on any atom is -0.506 e. The van der Waals surface area contributed by atoms with Gasteiger partial charge in [0.2, 0.25) is 0 Å². The fraction of sp³-hybridized carbons (Fsp3) is 0.368. The summed E-state index contributed by atoms with van der Waals surface area (Å²) in [7, 11) is 1.75. The zero-order valence-corrected chi connectivity index (χ0v) is 15.4. The molecule has 1 aromatic heterocycles. The number of anilines is 1. The van der Waals surface area contributed by atoms with Crippen LogP contribution in [0.15, 0.2) is 52.1 Å². The van der Waals surface area contributed by atoms with Gasteiger partial charge < -0.3 is 30.0 Å². The van der Waals surface area contributed by atoms with E-state index in [0.717, 1.165) is 37.8 Å². The number of para-hydroxylation sites is 2. The van der Waals surface area contributed by atoms with Crippen molar-refractivity contribution >= 4 is 17.6 Å². The molecule has 1 amide bonds. The molecule has 0 spiro atoms. The van der Waals surface area contributed by atoms with Crippen LogP contribution in [0.3, 0.4) is 0 Å². The number of amides is 1. The molecule has 8 nitrogen and oxygen atoms in total. The molecule has 0 radical (unpaired) electrons. The molecule has 3 rings (SSSR count). The van der Waals surface area contributed by atoms with Crippen LogP contribution in [0.4, 0.5) is 5.69 Å². The fourth-order valence-corrected chi connectivity index (χ4v) is 3.07. The number of aromatic hydroxyl groups is 1. The maximum Gasteiger partial charge on any atom is 0.287 e. The number of nitrogens with one attached hydrogen (secondary N) is 2. The summed E-state index contributed by atoms with van der Waals surface area (Å²) in [5.74, 6) is 1.19. The lowest BCUT2D eigenvalue weighted by Gasteiger charge is -2.37. The Labute approximate surface area is 158 Å². The average molecular weight is 371 g/mol. The Hall–Kier alpha value is -3.16. The molecular weight excluding hydrogens is 346 g/mol. The van der Waals surface area contributed by atoms with Crippen molar-refractivity contribution in [2.45, 2.75) is 0 Å². The second kappa shape index (κ2) is 8.98. The average Bonchev–Trinajstić information content (AvgIpc) is 3.24. The van der Waals surface area contributed by atoms with E-state index < -0.39 is 0 Å². The monoisotopic (exact) mass is 371 g/mol. The molecule has 0 unspecified atom stereocenters. The lowest BCUT2D eigenvalue weighted by atomic mass is 10.2. The third kappa shape index (κ3) is 4.72. The number of aliphatic imine (C=N–C) groups is 1. The Balaban J connectivity index is 1.42. The summed E-state index contributed by atoms with van der Waals surface area (Å²) in [6.07, 6.45) is 1.48. The highest BCUT2D eigenvalue weighted by Gasteiger charge is 2.21. The molecule has 2 heterocycles. The van der Waals surface area contributed by atoms with Crippen molar-refractivity contribution in [2.75, 3.05) is 51.2 Å². The molecule has 1 fully saturated rings. The topological polar surface area (TPSA) is 93.3 Å². The van der Waals surface area contributed by atoms with Crippen LogP contribution in [-0.4, -0.2) is 68.2 Å². The molecule has 1 aromatic carbocycles. The minimum absolute atomic E-state index is 0.229. The summed E-state index contributed by atoms with van der Waals surface area (Å²) in [6.45, 7) is 4.23. The highest BCUT2D eigenvalue weighted by atomic mass is 16.3. The molecule has 2 aromatic rings. The molecule has 1 aliphatic rings. The summed E-state index contributed by atoms with van der Waals surface area (Å²) in [5.41, 5.74) is 0.862. The van der Waals surface area contributed by atoms with Crippen molar-refractivity contribution in [3.8, 4) is 5.75 Å². The lowest BCUT2D eigenvalue weighted by molar-refractivity contribution is 0.0926. The number of benzene rings is 1. The van der Waals surface area contributed by atoms with Crippen LogP contribution in [0.2, 0.25) is 0 Å². The first kappa shape index (κ1) is 18.6. The number of guanidine groups is 1. The number of rotatable bonds is 5. The summed E-state index contributed by atoms with van der Waals surface area (Å²) < 4.78 is 5.06. The van der Waals surface area contributed by atoms with Crippen molar-refractivity contribution in [1.29, 1.82) is 0 Å². The van der Waals surface area contributed by atoms with Crippen molar-refractivity contribution in [2.24, 2.45) is 4.99 Å². The fourth-order valence-electron chi connectivity index (χ4n) is 3.07. The van der Waals surface area contributed by atoms with E-state index in [0.29, 0.717) is 24.6 Å². The lowest BCUT2D eigenvalue weighted by Crippen LogP contribution is -2.53. The Morgan fingerprint density at radius 3 is 2.52 bits per heavy atom. The first-order valence-corrected chi connectivity index (χ1v) is 8.99. The minimum atomic E-state index is -0.229. The molecule has 0 atom stereocenters. The number of nitrogens with zero attached hydrogens (tertiary/aromatic N) is 3. The molecule has 3 N–H and O–H groups in total. The number of phenols is 1. The van der Waals surface area contributed by atoms with Crippen molar-refractivity contribution in [3.05, 3.63) is 48.4 Å². The summed E-state index contributed by atoms with van der Waals surface area (Å²) >= 11 is 0. The van der Waals surface area contributed by atoms with E-state index in [1.165, 1.54) is 6.26 Å². The number of piperazine rings is 1. The predicted octanol–water partition coefficient (Wildman–Crippen LogP) is 1.11. The van der Waals surface area contributed by atoms with Gasteiger partial charge in [0, 0.05) is 46.3 Å². The Morgan fingerprint density at radius 2 is 1.85 bits per heavy atom. The van der Waals surface area contributed by atoms with Crippen molar-refractivity contribution < 1.29 is 14.3 Å². The van der Waals surface area contributed by atoms with Crippen LogP contribution >= 0.6 is 0 Å². The molecule has 0 saturated carbocycles. The standard InChI is InChI=1S/C19H25N5O3/c1-20-19(22-9-8-21-18(26)17-7-4-14-27-17)24-12-10-23(11-13-24)15-5-2-3-6-16(15)25/h2-7,14,25H,8-13H2,1H3,(H,20,22)(H,21,26). The molecular formula is C19H25N5O3. The van der Waals surface area contributed by atoms with Gasteiger partial charge in [0.25, 0.3) is 5.91 Å². The van der Waals surface area contributed by atoms with E-state index in [9.17, 15) is 9.90 Å². The SMILES string of the molecule is CN=C(NCCNC(=O)c1ccco1)N1CCN(c2ccccc2O)CC1. The van der Waals surface area contributed by atoms with Crippen LogP contribution in [0.1, 0.15) is 10.6 Å². The molecule has 27 heavy (non-hydrogen) atoms. The second-order valence-corrected chi connectivity index (χ2v) is 6.17. The number of carbonyl (C=O) groups is 1. The van der Waals surface area contributed by atoms with Gasteiger partial charge in [-0.2, -0.15) is 0 Å². The van der Waals surface area contributed by atoms with Crippen molar-refractivity contribution in [1.82, 2.24) is 15.5 Å². The molecule has 0 aliphatic carbocycles. The molecule has 0 bridgehead atoms. The summed E-state index contributed by atoms with van der Waals surface area (Å²) in [5, 5.41) is 16.1. The summed E-state index contributed by atoms with van der Waals surface area (Å²) in [4.78, 5) is 20.5. The van der Waals surface area contributed by atoms with Crippen LogP contribution in [-0.2, 0) is 0 Å². The van der Waals surface area contributed by atoms with E-state index in [-0.39, 0.29) is 5.91 Å². The van der Waals surface area contributed by atoms with Gasteiger partial charge in [-0.1, -0.05) is 12.1 Å². The van der Waals surface area contributed by atoms with Gasteiger partial charge in [-0.15, -0.1) is 0 Å². The van der Waals surface area contributed by atoms with Crippen LogP contribution < -0.4 is 15.5 Å². The third-order valence-electron chi connectivity index (χ3n) is 4.45. The van der Waals surface area contributed by atoms with Gasteiger partial charge >= 0.3 is 0 Å². The predicted molar refractivity (Wildman–Crippen MR) is 104 cm³/mol. The Kier molecular flexibility index (Phi) is 6.19. The number of hydrogen-bond donors (Lipinski definition) is 3. The van der Waals surface area contributed by atoms with Crippen LogP contribution in [0.25, 0.3) is 0 Å². The van der Waals surface area contributed by atoms with E-state index in [1.807, 2.05) is 18.2 Å². The smallest absolute Gasteiger partial charge is 0.287 e. The largest absolute Gasteiger partial charge is 0.506 e. The Morgan fingerprint density at radius 1 is 1.11 bits per heavy atom. The normalized spacial score (nSPS) is 14.9. The van der Waals surface area contributed by atoms with Gasteiger partial charge in [0.15, 0.2) is 11.7 Å². The summed E-state index contributed by atoms with van der Waals surface area (Å²) in [6, 6.07) is 10.7. The van der Waals surface area contributed by atoms with E-state index in [1.54, 1.807) is 25.2 Å². The number of phenolic OH excluding ortho intramolecular Hbond substituents is 1. The van der Waals surface area contributed by atoms with Gasteiger partial charge in [-0.25, -0.2) is 0 Å². The van der Waals surface area contributed by atoms with Gasteiger partial charge in [-0.05, 0) is 24.3 Å². The second-order valence-electron chi connectivity index (χ2n) is 6.17. The van der Waals surface area contributed by atoms with E-state index in [2.05, 4.69) is 25.4 Å². The first-order valence-electron chi connectivity index (χ1n) is 8.99. The highest BCUT2D eigenvalue weighted by Crippen LogP contribution is 2.27. The molecule has 1 aliphatic heterocycles.